The van der Waals surface area contributed by atoms with Crippen molar-refractivity contribution in [2.24, 2.45) is 5.92 Å². The Kier molecular flexibility index (Phi) is 4.11. The minimum absolute atomic E-state index is 0.298. The SMILES string of the molecule is OC(C1CC1)N1C2CCC1CN(c1ccnn3cc(-c4cnn(C(F)F)c4)cc13)C2. The van der Waals surface area contributed by atoms with Crippen LogP contribution in [0.5, 0.6) is 0 Å². The highest BCUT2D eigenvalue weighted by atomic mass is 19.3. The van der Waals surface area contributed by atoms with E-state index >= 15 is 0 Å². The molecule has 2 saturated heterocycles. The molecule has 1 N–H and O–H groups in total. The average molecular weight is 414 g/mol. The maximum atomic E-state index is 12.9. The van der Waals surface area contributed by atoms with Crippen molar-refractivity contribution in [1.29, 1.82) is 0 Å². The van der Waals surface area contributed by atoms with Crippen LogP contribution in [0.25, 0.3) is 16.6 Å². The zero-order valence-corrected chi connectivity index (χ0v) is 16.5. The summed E-state index contributed by atoms with van der Waals surface area (Å²) >= 11 is 0. The largest absolute Gasteiger partial charge is 0.378 e. The third kappa shape index (κ3) is 2.91. The third-order valence-electron chi connectivity index (χ3n) is 6.85. The molecule has 3 atom stereocenters. The molecule has 158 valence electrons. The molecule has 0 amide bonds. The number of anilines is 1. The lowest BCUT2D eigenvalue weighted by atomic mass is 10.1. The third-order valence-corrected chi connectivity index (χ3v) is 6.85. The van der Waals surface area contributed by atoms with E-state index in [2.05, 4.69) is 20.0 Å². The Hall–Kier alpha value is -2.52. The van der Waals surface area contributed by atoms with E-state index in [0.717, 1.165) is 55.5 Å². The molecular formula is C21H24F2N6O. The number of aromatic nitrogens is 4. The smallest absolute Gasteiger partial charge is 0.333 e. The highest BCUT2D eigenvalue weighted by Crippen LogP contribution is 2.42. The van der Waals surface area contributed by atoms with Crippen LogP contribution >= 0.6 is 0 Å². The van der Waals surface area contributed by atoms with Gasteiger partial charge in [0.05, 0.1) is 17.4 Å². The highest BCUT2D eigenvalue weighted by Gasteiger charge is 2.47. The van der Waals surface area contributed by atoms with Crippen LogP contribution in [0.3, 0.4) is 0 Å². The molecule has 9 heteroatoms. The topological polar surface area (TPSA) is 61.8 Å². The molecule has 6 rings (SSSR count). The molecule has 0 aromatic carbocycles. The number of piperazine rings is 1. The van der Waals surface area contributed by atoms with Gasteiger partial charge < -0.3 is 10.0 Å². The summed E-state index contributed by atoms with van der Waals surface area (Å²) in [6, 6.07) is 4.74. The predicted octanol–water partition coefficient (Wildman–Crippen LogP) is 2.97. The molecule has 1 aliphatic carbocycles. The Morgan fingerprint density at radius 3 is 2.43 bits per heavy atom. The predicted molar refractivity (Wildman–Crippen MR) is 107 cm³/mol. The maximum absolute atomic E-state index is 12.9. The minimum Gasteiger partial charge on any atom is -0.378 e. The van der Waals surface area contributed by atoms with Crippen molar-refractivity contribution < 1.29 is 13.9 Å². The zero-order valence-electron chi connectivity index (χ0n) is 16.5. The van der Waals surface area contributed by atoms with Gasteiger partial charge in [-0.3, -0.25) is 4.90 Å². The van der Waals surface area contributed by atoms with Gasteiger partial charge in [-0.15, -0.1) is 0 Å². The van der Waals surface area contributed by atoms with Gasteiger partial charge in [0.25, 0.3) is 0 Å². The van der Waals surface area contributed by atoms with Crippen LogP contribution < -0.4 is 4.90 Å². The highest BCUT2D eigenvalue weighted by molar-refractivity contribution is 5.79. The van der Waals surface area contributed by atoms with Crippen LogP contribution in [0.15, 0.2) is 36.9 Å². The molecule has 7 nitrogen and oxygen atoms in total. The van der Waals surface area contributed by atoms with Crippen molar-refractivity contribution in [3.8, 4) is 11.1 Å². The Labute approximate surface area is 172 Å². The fraction of sp³-hybridized carbons (Fsp3) is 0.524. The molecule has 2 bridgehead atoms. The number of aliphatic hydroxyl groups excluding tert-OH is 1. The first-order valence-electron chi connectivity index (χ1n) is 10.6. The molecule has 3 fully saturated rings. The zero-order chi connectivity index (χ0) is 20.4. The molecule has 3 aliphatic rings. The number of hydrogen-bond acceptors (Lipinski definition) is 5. The number of aliphatic hydroxyl groups is 1. The van der Waals surface area contributed by atoms with Crippen molar-refractivity contribution in [2.75, 3.05) is 18.0 Å². The lowest BCUT2D eigenvalue weighted by Crippen LogP contribution is -2.58. The molecule has 0 radical (unpaired) electrons. The van der Waals surface area contributed by atoms with E-state index in [1.807, 2.05) is 18.3 Å². The van der Waals surface area contributed by atoms with Crippen molar-refractivity contribution in [3.63, 3.8) is 0 Å². The summed E-state index contributed by atoms with van der Waals surface area (Å²) < 4.78 is 28.2. The van der Waals surface area contributed by atoms with Gasteiger partial charge >= 0.3 is 6.55 Å². The number of alkyl halides is 2. The van der Waals surface area contributed by atoms with Crippen LogP contribution in [0, 0.1) is 5.92 Å². The molecule has 2 aliphatic heterocycles. The second kappa shape index (κ2) is 6.75. The van der Waals surface area contributed by atoms with E-state index in [1.54, 1.807) is 10.7 Å². The van der Waals surface area contributed by atoms with Gasteiger partial charge in [-0.2, -0.15) is 19.0 Å². The van der Waals surface area contributed by atoms with E-state index in [4.69, 9.17) is 0 Å². The summed E-state index contributed by atoms with van der Waals surface area (Å²) in [4.78, 5) is 4.75. The van der Waals surface area contributed by atoms with Gasteiger partial charge in [-0.05, 0) is 43.7 Å². The van der Waals surface area contributed by atoms with Gasteiger partial charge in [0.2, 0.25) is 0 Å². The van der Waals surface area contributed by atoms with E-state index in [1.165, 1.54) is 12.4 Å². The van der Waals surface area contributed by atoms with Crippen LogP contribution in [-0.4, -0.2) is 60.8 Å². The summed E-state index contributed by atoms with van der Waals surface area (Å²) in [6.07, 6.45) is 10.7. The lowest BCUT2D eigenvalue weighted by molar-refractivity contribution is -0.0496. The average Bonchev–Trinajstić information content (AvgIpc) is 3.19. The number of rotatable bonds is 5. The number of fused-ring (bicyclic) bond motifs is 3. The van der Waals surface area contributed by atoms with E-state index in [0.29, 0.717) is 28.2 Å². The molecule has 1 saturated carbocycles. The van der Waals surface area contributed by atoms with E-state index in [9.17, 15) is 13.9 Å². The molecular weight excluding hydrogens is 390 g/mol. The summed E-state index contributed by atoms with van der Waals surface area (Å²) in [7, 11) is 0. The van der Waals surface area contributed by atoms with Crippen molar-refractivity contribution >= 4 is 11.2 Å². The molecule has 30 heavy (non-hydrogen) atoms. The summed E-state index contributed by atoms with van der Waals surface area (Å²) in [5.74, 6) is 0.453. The van der Waals surface area contributed by atoms with Crippen LogP contribution in [-0.2, 0) is 0 Å². The Bertz CT molecular complexity index is 1060. The van der Waals surface area contributed by atoms with Crippen molar-refractivity contribution in [3.05, 3.63) is 36.9 Å². The Balaban J connectivity index is 1.30. The first kappa shape index (κ1) is 18.3. The second-order valence-corrected chi connectivity index (χ2v) is 8.75. The van der Waals surface area contributed by atoms with Gasteiger partial charge in [-0.25, -0.2) is 9.20 Å². The van der Waals surface area contributed by atoms with Crippen LogP contribution in [0.4, 0.5) is 14.5 Å². The summed E-state index contributed by atoms with van der Waals surface area (Å²) in [6.45, 7) is -0.893. The maximum Gasteiger partial charge on any atom is 0.333 e. The Morgan fingerprint density at radius 1 is 1.00 bits per heavy atom. The molecule has 5 heterocycles. The standard InChI is InChI=1S/C21H24F2N6O/c22-21(23)28-10-15(8-25-28)14-7-19-18(5-6-24-27(19)9-14)26-11-16-3-4-17(12-26)29(16)20(30)13-1-2-13/h5-10,13,16-17,20-21,30H,1-4,11-12H2. The second-order valence-electron chi connectivity index (χ2n) is 8.75. The number of halogens is 2. The first-order valence-corrected chi connectivity index (χ1v) is 10.6. The minimum atomic E-state index is -2.65. The summed E-state index contributed by atoms with van der Waals surface area (Å²) in [5, 5.41) is 18.9. The van der Waals surface area contributed by atoms with Gasteiger partial charge in [0.15, 0.2) is 0 Å². The molecule has 3 aromatic heterocycles. The van der Waals surface area contributed by atoms with Gasteiger partial charge in [0.1, 0.15) is 6.23 Å². The fourth-order valence-electron chi connectivity index (χ4n) is 5.22. The fourth-order valence-corrected chi connectivity index (χ4v) is 5.22. The Morgan fingerprint density at radius 2 is 1.77 bits per heavy atom. The van der Waals surface area contributed by atoms with Crippen LogP contribution in [0.1, 0.15) is 32.2 Å². The van der Waals surface area contributed by atoms with Crippen molar-refractivity contribution in [2.45, 2.75) is 50.5 Å². The number of nitrogens with zero attached hydrogens (tertiary/aromatic N) is 6. The lowest BCUT2D eigenvalue weighted by Gasteiger charge is -2.44. The van der Waals surface area contributed by atoms with E-state index in [-0.39, 0.29) is 6.23 Å². The molecule has 3 unspecified atom stereocenters. The first-order chi connectivity index (χ1) is 14.6. The van der Waals surface area contributed by atoms with Gasteiger partial charge in [0, 0.05) is 54.9 Å². The molecule has 3 aromatic rings. The number of hydrogen-bond donors (Lipinski definition) is 1. The van der Waals surface area contributed by atoms with Crippen molar-refractivity contribution in [1.82, 2.24) is 24.3 Å². The normalized spacial score (nSPS) is 25.5. The molecule has 0 spiro atoms. The van der Waals surface area contributed by atoms with Gasteiger partial charge in [-0.1, -0.05) is 0 Å². The monoisotopic (exact) mass is 414 g/mol. The van der Waals surface area contributed by atoms with Crippen LogP contribution in [0.2, 0.25) is 0 Å². The quantitative estimate of drug-likeness (QED) is 0.696. The van der Waals surface area contributed by atoms with E-state index < -0.39 is 6.55 Å². The summed E-state index contributed by atoms with van der Waals surface area (Å²) in [5.41, 5.74) is 3.50.